The number of aryl methyl sites for hydroxylation is 1. The van der Waals surface area contributed by atoms with Crippen molar-refractivity contribution in [2.24, 2.45) is 11.7 Å². The number of pyridine rings is 1. The van der Waals surface area contributed by atoms with Gasteiger partial charge in [-0.3, -0.25) is 14.6 Å². The van der Waals surface area contributed by atoms with Crippen molar-refractivity contribution in [1.82, 2.24) is 9.88 Å². The van der Waals surface area contributed by atoms with Crippen molar-refractivity contribution >= 4 is 11.8 Å². The molecule has 0 saturated carbocycles. The fourth-order valence-electron chi connectivity index (χ4n) is 3.05. The first-order valence-electron chi connectivity index (χ1n) is 8.76. The number of piperidine rings is 1. The largest absolute Gasteiger partial charge is 0.487 e. The maximum absolute atomic E-state index is 12.7. The molecule has 1 saturated heterocycles. The maximum Gasteiger partial charge on any atom is 0.253 e. The average molecular weight is 353 g/mol. The number of carbonyl (C=O) groups excluding carboxylic acids is 2. The van der Waals surface area contributed by atoms with Crippen LogP contribution in [0.1, 0.15) is 34.5 Å². The number of rotatable bonds is 5. The lowest BCUT2D eigenvalue weighted by Gasteiger charge is -2.30. The molecule has 1 aliphatic heterocycles. The molecule has 0 unspecified atom stereocenters. The Hall–Kier alpha value is -2.89. The van der Waals surface area contributed by atoms with Crippen LogP contribution in [0.5, 0.6) is 5.75 Å². The number of hydrogen-bond acceptors (Lipinski definition) is 4. The van der Waals surface area contributed by atoms with Gasteiger partial charge in [0, 0.05) is 30.3 Å². The van der Waals surface area contributed by atoms with Crippen molar-refractivity contribution in [2.45, 2.75) is 26.4 Å². The fraction of sp³-hybridized carbons (Fsp3) is 0.350. The van der Waals surface area contributed by atoms with Gasteiger partial charge in [0.2, 0.25) is 5.91 Å². The van der Waals surface area contributed by atoms with Crippen molar-refractivity contribution < 1.29 is 14.3 Å². The molecule has 1 aromatic heterocycles. The molecule has 0 radical (unpaired) electrons. The highest BCUT2D eigenvalue weighted by molar-refractivity contribution is 5.94. The van der Waals surface area contributed by atoms with E-state index in [1.54, 1.807) is 17.2 Å². The van der Waals surface area contributed by atoms with Gasteiger partial charge in [-0.25, -0.2) is 0 Å². The molecule has 0 atom stereocenters. The molecule has 2 aromatic rings. The highest BCUT2D eigenvalue weighted by Gasteiger charge is 2.26. The third-order valence-electron chi connectivity index (χ3n) is 4.65. The Labute approximate surface area is 153 Å². The summed E-state index contributed by atoms with van der Waals surface area (Å²) >= 11 is 0. The standard InChI is InChI=1S/C20H23N3O3/c1-14-5-6-18(12-22-14)26-13-15-3-2-4-17(11-15)20(25)23-9-7-16(8-10-23)19(21)24/h2-6,11-12,16H,7-10,13H2,1H3,(H2,21,24). The molecule has 6 nitrogen and oxygen atoms in total. The normalized spacial score (nSPS) is 14.9. The average Bonchev–Trinajstić information content (AvgIpc) is 2.67. The Morgan fingerprint density at radius 2 is 2.00 bits per heavy atom. The first-order chi connectivity index (χ1) is 12.5. The number of carbonyl (C=O) groups is 2. The van der Waals surface area contributed by atoms with Gasteiger partial charge < -0.3 is 15.4 Å². The minimum Gasteiger partial charge on any atom is -0.487 e. The van der Waals surface area contributed by atoms with Crippen LogP contribution in [0, 0.1) is 12.8 Å². The van der Waals surface area contributed by atoms with E-state index >= 15 is 0 Å². The summed E-state index contributed by atoms with van der Waals surface area (Å²) < 4.78 is 5.73. The van der Waals surface area contributed by atoms with Crippen LogP contribution in [0.4, 0.5) is 0 Å². The number of nitrogens with two attached hydrogens (primary N) is 1. The van der Waals surface area contributed by atoms with Crippen LogP contribution in [0.3, 0.4) is 0 Å². The van der Waals surface area contributed by atoms with Crippen LogP contribution in [-0.4, -0.2) is 34.8 Å². The van der Waals surface area contributed by atoms with Gasteiger partial charge in [0.05, 0.1) is 6.20 Å². The molecule has 3 rings (SSSR count). The number of hydrogen-bond donors (Lipinski definition) is 1. The minimum absolute atomic E-state index is 0.0215. The van der Waals surface area contributed by atoms with Crippen molar-refractivity contribution in [3.05, 3.63) is 59.4 Å². The second-order valence-electron chi connectivity index (χ2n) is 6.59. The molecule has 2 N–H and O–H groups in total. The molecule has 1 fully saturated rings. The summed E-state index contributed by atoms with van der Waals surface area (Å²) in [4.78, 5) is 29.9. The highest BCUT2D eigenvalue weighted by atomic mass is 16.5. The molecule has 0 aliphatic carbocycles. The maximum atomic E-state index is 12.7. The highest BCUT2D eigenvalue weighted by Crippen LogP contribution is 2.19. The van der Waals surface area contributed by atoms with E-state index in [9.17, 15) is 9.59 Å². The van der Waals surface area contributed by atoms with E-state index in [1.807, 2.05) is 37.3 Å². The Morgan fingerprint density at radius 1 is 1.23 bits per heavy atom. The van der Waals surface area contributed by atoms with Crippen molar-refractivity contribution in [1.29, 1.82) is 0 Å². The van der Waals surface area contributed by atoms with E-state index in [2.05, 4.69) is 4.98 Å². The summed E-state index contributed by atoms with van der Waals surface area (Å²) in [5, 5.41) is 0. The number of nitrogens with zero attached hydrogens (tertiary/aromatic N) is 2. The lowest BCUT2D eigenvalue weighted by molar-refractivity contribution is -0.123. The van der Waals surface area contributed by atoms with E-state index in [-0.39, 0.29) is 17.7 Å². The number of aromatic nitrogens is 1. The van der Waals surface area contributed by atoms with Gasteiger partial charge in [-0.15, -0.1) is 0 Å². The second kappa shape index (κ2) is 7.99. The van der Waals surface area contributed by atoms with Crippen molar-refractivity contribution in [3.63, 3.8) is 0 Å². The van der Waals surface area contributed by atoms with E-state index < -0.39 is 0 Å². The second-order valence-corrected chi connectivity index (χ2v) is 6.59. The van der Waals surface area contributed by atoms with E-state index in [4.69, 9.17) is 10.5 Å². The number of ether oxygens (including phenoxy) is 1. The van der Waals surface area contributed by atoms with E-state index in [0.29, 0.717) is 43.9 Å². The smallest absolute Gasteiger partial charge is 0.253 e. The number of likely N-dealkylation sites (tertiary alicyclic amines) is 1. The molecule has 6 heteroatoms. The van der Waals surface area contributed by atoms with Crippen molar-refractivity contribution in [3.8, 4) is 5.75 Å². The van der Waals surface area contributed by atoms with E-state index in [1.165, 1.54) is 0 Å². The topological polar surface area (TPSA) is 85.5 Å². The molecule has 2 amide bonds. The van der Waals surface area contributed by atoms with Gasteiger partial charge >= 0.3 is 0 Å². The lowest BCUT2D eigenvalue weighted by Crippen LogP contribution is -2.41. The van der Waals surface area contributed by atoms with Crippen LogP contribution in [0.25, 0.3) is 0 Å². The van der Waals surface area contributed by atoms with Gasteiger partial charge in [0.25, 0.3) is 5.91 Å². The zero-order chi connectivity index (χ0) is 18.5. The SMILES string of the molecule is Cc1ccc(OCc2cccc(C(=O)N3CCC(C(N)=O)CC3)c2)cn1. The molecule has 1 aromatic carbocycles. The Bertz CT molecular complexity index is 781. The summed E-state index contributed by atoms with van der Waals surface area (Å²) in [5.74, 6) is 0.274. The number of amides is 2. The molecule has 1 aliphatic rings. The molecule has 136 valence electrons. The summed E-state index contributed by atoms with van der Waals surface area (Å²) in [5.41, 5.74) is 7.83. The first kappa shape index (κ1) is 17.9. The lowest BCUT2D eigenvalue weighted by atomic mass is 9.96. The molecule has 26 heavy (non-hydrogen) atoms. The van der Waals surface area contributed by atoms with Crippen LogP contribution in [0.15, 0.2) is 42.6 Å². The number of primary amides is 1. The number of benzene rings is 1. The first-order valence-corrected chi connectivity index (χ1v) is 8.76. The zero-order valence-corrected chi connectivity index (χ0v) is 14.9. The zero-order valence-electron chi connectivity index (χ0n) is 14.9. The van der Waals surface area contributed by atoms with Crippen LogP contribution < -0.4 is 10.5 Å². The van der Waals surface area contributed by atoms with Gasteiger partial charge in [-0.2, -0.15) is 0 Å². The third kappa shape index (κ3) is 4.39. The molecule has 0 spiro atoms. The monoisotopic (exact) mass is 353 g/mol. The van der Waals surface area contributed by atoms with Gasteiger partial charge in [-0.1, -0.05) is 12.1 Å². The van der Waals surface area contributed by atoms with Gasteiger partial charge in [0.1, 0.15) is 12.4 Å². The summed E-state index contributed by atoms with van der Waals surface area (Å²) in [6.45, 7) is 3.41. The predicted octanol–water partition coefficient (Wildman–Crippen LogP) is 2.31. The van der Waals surface area contributed by atoms with Crippen molar-refractivity contribution in [2.75, 3.05) is 13.1 Å². The quantitative estimate of drug-likeness (QED) is 0.894. The summed E-state index contributed by atoms with van der Waals surface area (Å²) in [6, 6.07) is 11.2. The summed E-state index contributed by atoms with van der Waals surface area (Å²) in [7, 11) is 0. The predicted molar refractivity (Wildman–Crippen MR) is 97.6 cm³/mol. The third-order valence-corrected chi connectivity index (χ3v) is 4.65. The molecule has 0 bridgehead atoms. The van der Waals surface area contributed by atoms with Gasteiger partial charge in [0.15, 0.2) is 0 Å². The molecular weight excluding hydrogens is 330 g/mol. The van der Waals surface area contributed by atoms with E-state index in [0.717, 1.165) is 11.3 Å². The molecular formula is C20H23N3O3. The minimum atomic E-state index is -0.276. The van der Waals surface area contributed by atoms with Crippen LogP contribution in [0.2, 0.25) is 0 Å². The summed E-state index contributed by atoms with van der Waals surface area (Å²) in [6.07, 6.45) is 2.95. The Balaban J connectivity index is 1.60. The Morgan fingerprint density at radius 3 is 2.65 bits per heavy atom. The Kier molecular flexibility index (Phi) is 5.51. The van der Waals surface area contributed by atoms with Gasteiger partial charge in [-0.05, 0) is 49.6 Å². The fourth-order valence-corrected chi connectivity index (χ4v) is 3.05. The van der Waals surface area contributed by atoms with Crippen LogP contribution in [-0.2, 0) is 11.4 Å². The molecule has 2 heterocycles. The van der Waals surface area contributed by atoms with Crippen LogP contribution >= 0.6 is 0 Å².